The zero-order chi connectivity index (χ0) is 18.0. The minimum atomic E-state index is -0.402. The molecule has 0 bridgehead atoms. The molecule has 1 aliphatic rings. The summed E-state index contributed by atoms with van der Waals surface area (Å²) in [4.78, 5) is 36.8. The molecule has 2 aromatic rings. The normalized spacial score (nSPS) is 13.0. The lowest BCUT2D eigenvalue weighted by atomic mass is 10.1. The SMILES string of the molecule is COc1ccc(CCC(=O)Oc2ccc3c(c2)C(=O)N(C)C3=O)cc1. The van der Waals surface area contributed by atoms with Gasteiger partial charge in [-0.2, -0.15) is 0 Å². The van der Waals surface area contributed by atoms with Crippen LogP contribution in [0, 0.1) is 0 Å². The second-order valence-electron chi connectivity index (χ2n) is 5.70. The predicted octanol–water partition coefficient (Wildman–Crippen LogP) is 2.46. The molecule has 128 valence electrons. The Morgan fingerprint density at radius 2 is 1.60 bits per heavy atom. The fourth-order valence-corrected chi connectivity index (χ4v) is 2.62. The second kappa shape index (κ2) is 6.76. The van der Waals surface area contributed by atoms with Crippen LogP contribution in [0.3, 0.4) is 0 Å². The van der Waals surface area contributed by atoms with Gasteiger partial charge >= 0.3 is 5.97 Å². The first-order chi connectivity index (χ1) is 12.0. The van der Waals surface area contributed by atoms with E-state index in [2.05, 4.69) is 0 Å². The number of amides is 2. The topological polar surface area (TPSA) is 72.9 Å². The zero-order valence-corrected chi connectivity index (χ0v) is 13.9. The Bertz CT molecular complexity index is 841. The minimum absolute atomic E-state index is 0.205. The molecule has 0 saturated heterocycles. The number of hydrogen-bond acceptors (Lipinski definition) is 5. The number of benzene rings is 2. The molecule has 0 aliphatic carbocycles. The number of hydrogen-bond donors (Lipinski definition) is 0. The van der Waals surface area contributed by atoms with E-state index in [1.54, 1.807) is 7.11 Å². The monoisotopic (exact) mass is 339 g/mol. The van der Waals surface area contributed by atoms with E-state index >= 15 is 0 Å². The Kier molecular flexibility index (Phi) is 4.52. The standard InChI is InChI=1S/C19H17NO5/c1-20-18(22)15-9-8-14(11-16(15)19(20)23)25-17(21)10-5-12-3-6-13(24-2)7-4-12/h3-4,6-9,11H,5,10H2,1-2H3. The van der Waals surface area contributed by atoms with E-state index in [9.17, 15) is 14.4 Å². The van der Waals surface area contributed by atoms with Gasteiger partial charge in [-0.15, -0.1) is 0 Å². The highest BCUT2D eigenvalue weighted by atomic mass is 16.5. The van der Waals surface area contributed by atoms with Crippen molar-refractivity contribution in [1.29, 1.82) is 0 Å². The number of carbonyl (C=O) groups excluding carboxylic acids is 3. The van der Waals surface area contributed by atoms with Gasteiger partial charge in [-0.05, 0) is 42.3 Å². The lowest BCUT2D eigenvalue weighted by molar-refractivity contribution is -0.134. The van der Waals surface area contributed by atoms with Crippen LogP contribution in [0.1, 0.15) is 32.7 Å². The van der Waals surface area contributed by atoms with E-state index in [1.165, 1.54) is 25.2 Å². The summed E-state index contributed by atoms with van der Waals surface area (Å²) in [6, 6.07) is 11.9. The Hall–Kier alpha value is -3.15. The maximum atomic E-state index is 12.0. The molecule has 25 heavy (non-hydrogen) atoms. The Labute approximate surface area is 145 Å². The number of ether oxygens (including phenoxy) is 2. The number of imide groups is 1. The van der Waals surface area contributed by atoms with Gasteiger partial charge in [0.05, 0.1) is 18.2 Å². The highest BCUT2D eigenvalue weighted by Gasteiger charge is 2.33. The summed E-state index contributed by atoms with van der Waals surface area (Å²) in [7, 11) is 3.02. The predicted molar refractivity (Wildman–Crippen MR) is 89.8 cm³/mol. The first-order valence-corrected chi connectivity index (χ1v) is 7.79. The molecule has 6 nitrogen and oxygen atoms in total. The molecule has 1 heterocycles. The van der Waals surface area contributed by atoms with Crippen molar-refractivity contribution in [2.45, 2.75) is 12.8 Å². The van der Waals surface area contributed by atoms with Gasteiger partial charge < -0.3 is 9.47 Å². The largest absolute Gasteiger partial charge is 0.497 e. The number of aryl methyl sites for hydroxylation is 1. The summed E-state index contributed by atoms with van der Waals surface area (Å²) in [5, 5.41) is 0. The fourth-order valence-electron chi connectivity index (χ4n) is 2.62. The van der Waals surface area contributed by atoms with Gasteiger partial charge in [0, 0.05) is 13.5 Å². The lowest BCUT2D eigenvalue weighted by Gasteiger charge is -2.06. The summed E-state index contributed by atoms with van der Waals surface area (Å²) in [5.74, 6) is -0.127. The van der Waals surface area contributed by atoms with Gasteiger partial charge in [-0.3, -0.25) is 19.3 Å². The van der Waals surface area contributed by atoms with Crippen molar-refractivity contribution in [2.24, 2.45) is 0 Å². The van der Waals surface area contributed by atoms with Crippen LogP contribution in [0.2, 0.25) is 0 Å². The fraction of sp³-hybridized carbons (Fsp3) is 0.211. The van der Waals surface area contributed by atoms with Gasteiger partial charge in [0.25, 0.3) is 11.8 Å². The Balaban J connectivity index is 1.62. The molecule has 0 fully saturated rings. The van der Waals surface area contributed by atoms with E-state index in [1.807, 2.05) is 24.3 Å². The van der Waals surface area contributed by atoms with Crippen LogP contribution >= 0.6 is 0 Å². The molecule has 0 aromatic heterocycles. The lowest BCUT2D eigenvalue weighted by Crippen LogP contribution is -2.24. The van der Waals surface area contributed by atoms with Crippen LogP contribution in [-0.2, 0) is 11.2 Å². The van der Waals surface area contributed by atoms with Crippen LogP contribution in [0.5, 0.6) is 11.5 Å². The quantitative estimate of drug-likeness (QED) is 0.475. The molecule has 0 spiro atoms. The summed E-state index contributed by atoms with van der Waals surface area (Å²) < 4.78 is 10.4. The van der Waals surface area contributed by atoms with Gasteiger partial charge in [-0.1, -0.05) is 12.1 Å². The van der Waals surface area contributed by atoms with E-state index in [-0.39, 0.29) is 23.6 Å². The zero-order valence-electron chi connectivity index (χ0n) is 13.9. The molecule has 0 N–H and O–H groups in total. The average Bonchev–Trinajstić information content (AvgIpc) is 2.84. The van der Waals surface area contributed by atoms with Crippen LogP contribution in [0.4, 0.5) is 0 Å². The molecule has 2 aromatic carbocycles. The summed E-state index contributed by atoms with van der Waals surface area (Å²) in [5.41, 5.74) is 1.58. The van der Waals surface area contributed by atoms with Crippen molar-refractivity contribution in [1.82, 2.24) is 4.90 Å². The number of carbonyl (C=O) groups is 3. The Morgan fingerprint density at radius 1 is 0.960 bits per heavy atom. The highest BCUT2D eigenvalue weighted by Crippen LogP contribution is 2.26. The van der Waals surface area contributed by atoms with E-state index in [0.717, 1.165) is 16.2 Å². The van der Waals surface area contributed by atoms with Gasteiger partial charge in [-0.25, -0.2) is 0 Å². The van der Waals surface area contributed by atoms with E-state index in [0.29, 0.717) is 12.0 Å². The number of nitrogens with zero attached hydrogens (tertiary/aromatic N) is 1. The number of rotatable bonds is 5. The molecule has 6 heteroatoms. The van der Waals surface area contributed by atoms with E-state index in [4.69, 9.17) is 9.47 Å². The van der Waals surface area contributed by atoms with Crippen molar-refractivity contribution >= 4 is 17.8 Å². The van der Waals surface area contributed by atoms with Gasteiger partial charge in [0.15, 0.2) is 0 Å². The molecule has 0 unspecified atom stereocenters. The number of esters is 1. The molecular weight excluding hydrogens is 322 g/mol. The van der Waals surface area contributed by atoms with Crippen molar-refractivity contribution in [3.63, 3.8) is 0 Å². The second-order valence-corrected chi connectivity index (χ2v) is 5.70. The molecule has 0 saturated carbocycles. The molecular formula is C19H17NO5. The van der Waals surface area contributed by atoms with Crippen LogP contribution < -0.4 is 9.47 Å². The Morgan fingerprint density at radius 3 is 2.28 bits per heavy atom. The number of fused-ring (bicyclic) bond motifs is 1. The van der Waals surface area contributed by atoms with Crippen molar-refractivity contribution in [3.8, 4) is 11.5 Å². The highest BCUT2D eigenvalue weighted by molar-refractivity contribution is 6.21. The summed E-state index contributed by atoms with van der Waals surface area (Å²) in [6.07, 6.45) is 0.740. The summed E-state index contributed by atoms with van der Waals surface area (Å²) >= 11 is 0. The van der Waals surface area contributed by atoms with Crippen LogP contribution in [0.15, 0.2) is 42.5 Å². The van der Waals surface area contributed by atoms with Crippen molar-refractivity contribution < 1.29 is 23.9 Å². The average molecular weight is 339 g/mol. The van der Waals surface area contributed by atoms with Crippen molar-refractivity contribution in [3.05, 3.63) is 59.2 Å². The van der Waals surface area contributed by atoms with Gasteiger partial charge in [0.2, 0.25) is 0 Å². The van der Waals surface area contributed by atoms with Gasteiger partial charge in [0.1, 0.15) is 11.5 Å². The minimum Gasteiger partial charge on any atom is -0.497 e. The first-order valence-electron chi connectivity index (χ1n) is 7.79. The molecule has 0 atom stereocenters. The molecule has 1 aliphatic heterocycles. The maximum Gasteiger partial charge on any atom is 0.311 e. The first kappa shape index (κ1) is 16.7. The van der Waals surface area contributed by atoms with Crippen LogP contribution in [0.25, 0.3) is 0 Å². The molecule has 0 radical (unpaired) electrons. The number of methoxy groups -OCH3 is 1. The molecule has 3 rings (SSSR count). The van der Waals surface area contributed by atoms with Crippen LogP contribution in [-0.4, -0.2) is 36.8 Å². The van der Waals surface area contributed by atoms with Crippen molar-refractivity contribution in [2.75, 3.05) is 14.2 Å². The maximum absolute atomic E-state index is 12.0. The molecule has 2 amide bonds. The third-order valence-electron chi connectivity index (χ3n) is 4.07. The van der Waals surface area contributed by atoms with E-state index < -0.39 is 11.9 Å². The summed E-state index contributed by atoms with van der Waals surface area (Å²) in [6.45, 7) is 0. The smallest absolute Gasteiger partial charge is 0.311 e. The third kappa shape index (κ3) is 3.38. The third-order valence-corrected chi connectivity index (χ3v) is 4.07.